The van der Waals surface area contributed by atoms with E-state index in [1.807, 2.05) is 41.5 Å². The van der Waals surface area contributed by atoms with Crippen LogP contribution in [0.25, 0.3) is 0 Å². The minimum Gasteiger partial charge on any atom is -0.380 e. The third-order valence-corrected chi connectivity index (χ3v) is 5.79. The van der Waals surface area contributed by atoms with E-state index in [0.29, 0.717) is 48.6 Å². The van der Waals surface area contributed by atoms with E-state index in [0.717, 1.165) is 6.42 Å². The van der Waals surface area contributed by atoms with Crippen LogP contribution < -0.4 is 10.6 Å². The Labute approximate surface area is 209 Å². The maximum Gasteiger partial charge on any atom is 0.220 e. The molecule has 34 heavy (non-hydrogen) atoms. The molecule has 1 aliphatic rings. The van der Waals surface area contributed by atoms with Crippen molar-refractivity contribution in [2.75, 3.05) is 26.3 Å². The number of ketones is 2. The van der Waals surface area contributed by atoms with E-state index in [4.69, 9.17) is 4.74 Å². The topological polar surface area (TPSA) is 102 Å². The zero-order chi connectivity index (χ0) is 26.7. The van der Waals surface area contributed by atoms with E-state index in [1.165, 1.54) is 0 Å². The van der Waals surface area contributed by atoms with Crippen molar-refractivity contribution in [3.63, 3.8) is 0 Å². The Bertz CT molecular complexity index is 830. The summed E-state index contributed by atoms with van der Waals surface area (Å²) in [4.78, 5) is 51.5. The molecule has 0 radical (unpaired) electrons. The molecule has 0 bridgehead atoms. The minimum atomic E-state index is -0.818. The van der Waals surface area contributed by atoms with Crippen molar-refractivity contribution in [3.05, 3.63) is 22.3 Å². The Morgan fingerprint density at radius 1 is 0.794 bits per heavy atom. The monoisotopic (exact) mass is 482 g/mol. The summed E-state index contributed by atoms with van der Waals surface area (Å²) >= 11 is 0. The number of amides is 2. The van der Waals surface area contributed by atoms with Crippen molar-refractivity contribution in [2.45, 2.75) is 88.5 Å². The number of carbonyl (C=O) groups excluding carboxylic acids is 4. The Morgan fingerprint density at radius 2 is 1.18 bits per heavy atom. The minimum absolute atomic E-state index is 0. The van der Waals surface area contributed by atoms with Crippen LogP contribution in [-0.2, 0) is 23.9 Å². The fraction of sp³-hybridized carbons (Fsp3) is 0.704. The third kappa shape index (κ3) is 8.49. The molecule has 2 amide bonds. The Kier molecular flexibility index (Phi) is 13.2. The zero-order valence-corrected chi connectivity index (χ0v) is 23.0. The molecule has 1 aliphatic carbocycles. The lowest BCUT2D eigenvalue weighted by Gasteiger charge is -2.36. The summed E-state index contributed by atoms with van der Waals surface area (Å²) in [5.41, 5.74) is -0.148. The Morgan fingerprint density at radius 3 is 1.53 bits per heavy atom. The predicted molar refractivity (Wildman–Crippen MR) is 141 cm³/mol. The largest absolute Gasteiger partial charge is 0.380 e. The van der Waals surface area contributed by atoms with Crippen LogP contribution in [0.5, 0.6) is 0 Å². The van der Waals surface area contributed by atoms with E-state index >= 15 is 0 Å². The molecule has 7 heteroatoms. The first-order valence-electron chi connectivity index (χ1n) is 12.4. The number of carbonyl (C=O) groups is 4. The quantitative estimate of drug-likeness (QED) is 0.307. The molecule has 0 spiro atoms. The van der Waals surface area contributed by atoms with Crippen molar-refractivity contribution >= 4 is 23.4 Å². The first-order chi connectivity index (χ1) is 15.8. The molecule has 0 unspecified atom stereocenters. The molecule has 198 valence electrons. The average Bonchev–Trinajstić information content (AvgIpc) is 2.74. The van der Waals surface area contributed by atoms with Gasteiger partial charge in [0.1, 0.15) is 0 Å². The molecule has 2 N–H and O–H groups in total. The number of Topliss-reactive ketones (excluding diaryl/α,β-unsaturated/α-hetero) is 2. The molecular weight excluding hydrogens is 432 g/mol. The van der Waals surface area contributed by atoms with Gasteiger partial charge in [-0.25, -0.2) is 0 Å². The average molecular weight is 483 g/mol. The second kappa shape index (κ2) is 14.2. The lowest BCUT2D eigenvalue weighted by molar-refractivity contribution is -0.125. The van der Waals surface area contributed by atoms with Gasteiger partial charge < -0.3 is 15.4 Å². The highest BCUT2D eigenvalue weighted by molar-refractivity contribution is 6.26. The highest BCUT2D eigenvalue weighted by atomic mass is 16.5. The molecule has 0 saturated heterocycles. The Hall–Kier alpha value is -2.28. The highest BCUT2D eigenvalue weighted by Gasteiger charge is 2.43. The molecule has 0 fully saturated rings. The summed E-state index contributed by atoms with van der Waals surface area (Å²) in [5, 5.41) is 5.63. The third-order valence-electron chi connectivity index (χ3n) is 5.79. The molecule has 0 aliphatic heterocycles. The van der Waals surface area contributed by atoms with Crippen LogP contribution in [0.4, 0.5) is 0 Å². The number of nitrogens with one attached hydrogen (secondary N) is 2. The van der Waals surface area contributed by atoms with Gasteiger partial charge in [-0.15, -0.1) is 0 Å². The van der Waals surface area contributed by atoms with Gasteiger partial charge in [-0.2, -0.15) is 0 Å². The van der Waals surface area contributed by atoms with E-state index in [1.54, 1.807) is 27.7 Å². The summed E-state index contributed by atoms with van der Waals surface area (Å²) in [7, 11) is 0. The van der Waals surface area contributed by atoms with Crippen molar-refractivity contribution in [2.24, 2.45) is 10.8 Å². The number of rotatable bonds is 12. The molecule has 0 saturated carbocycles. The molecule has 0 aromatic heterocycles. The van der Waals surface area contributed by atoms with E-state index in [9.17, 15) is 19.2 Å². The van der Waals surface area contributed by atoms with Gasteiger partial charge >= 0.3 is 0 Å². The SMILES string of the molecule is CC.CCCNC(=O)CC(C)(C)C1=C(C)C(=O)C(C(C)(C)CC(=O)NCCOCC)=C(C)C1=O.[HH].[HH]. The molecular formula is C27H50N2O5. The molecule has 1 rings (SSSR count). The summed E-state index contributed by atoms with van der Waals surface area (Å²) in [6, 6.07) is 0. The van der Waals surface area contributed by atoms with Gasteiger partial charge in [-0.1, -0.05) is 48.5 Å². The van der Waals surface area contributed by atoms with Crippen LogP contribution in [0, 0.1) is 10.8 Å². The predicted octanol–water partition coefficient (Wildman–Crippen LogP) is 4.80. The summed E-state index contributed by atoms with van der Waals surface area (Å²) in [6.45, 7) is 20.4. The number of ether oxygens (including phenoxy) is 1. The van der Waals surface area contributed by atoms with Crippen molar-refractivity contribution in [1.82, 2.24) is 10.6 Å². The van der Waals surface area contributed by atoms with Gasteiger partial charge in [0.25, 0.3) is 0 Å². The molecule has 0 heterocycles. The fourth-order valence-corrected chi connectivity index (χ4v) is 4.35. The summed E-state index contributed by atoms with van der Waals surface area (Å²) < 4.78 is 5.23. The fourth-order valence-electron chi connectivity index (χ4n) is 4.35. The standard InChI is InChI=1S/C25H40N2O5.C2H6.2H2/c1-9-11-26-18(28)14-24(5,6)20-16(3)23(31)21(17(4)22(20)30)25(7,8)15-19(29)27-12-13-32-10-2;1-2;;/h9-15H2,1-8H3,(H,26,28)(H,27,29);1-2H3;2*1H. The first kappa shape index (κ1) is 31.7. The van der Waals surface area contributed by atoms with Gasteiger partial charge in [0.15, 0.2) is 11.6 Å². The molecule has 0 atom stereocenters. The molecule has 7 nitrogen and oxygen atoms in total. The first-order valence-corrected chi connectivity index (χ1v) is 12.4. The zero-order valence-electron chi connectivity index (χ0n) is 23.0. The van der Waals surface area contributed by atoms with Crippen LogP contribution in [0.15, 0.2) is 22.3 Å². The van der Waals surface area contributed by atoms with Crippen LogP contribution in [0.2, 0.25) is 0 Å². The summed E-state index contributed by atoms with van der Waals surface area (Å²) in [6.07, 6.45) is 1.02. The van der Waals surface area contributed by atoms with Crippen LogP contribution in [0.3, 0.4) is 0 Å². The highest BCUT2D eigenvalue weighted by Crippen LogP contribution is 2.44. The number of hydrogen-bond donors (Lipinski definition) is 2. The molecule has 0 aromatic carbocycles. The maximum atomic E-state index is 13.4. The van der Waals surface area contributed by atoms with Gasteiger partial charge in [-0.05, 0) is 27.2 Å². The van der Waals surface area contributed by atoms with Crippen molar-refractivity contribution in [3.8, 4) is 0 Å². The van der Waals surface area contributed by atoms with Crippen molar-refractivity contribution in [1.29, 1.82) is 0 Å². The van der Waals surface area contributed by atoms with Crippen LogP contribution in [-0.4, -0.2) is 49.7 Å². The number of hydrogen-bond acceptors (Lipinski definition) is 5. The van der Waals surface area contributed by atoms with Crippen LogP contribution >= 0.6 is 0 Å². The summed E-state index contributed by atoms with van der Waals surface area (Å²) in [5.74, 6) is -0.800. The smallest absolute Gasteiger partial charge is 0.220 e. The van der Waals surface area contributed by atoms with E-state index in [-0.39, 0.29) is 39.1 Å². The molecule has 0 aromatic rings. The van der Waals surface area contributed by atoms with Gasteiger partial charge in [-0.3, -0.25) is 19.2 Å². The van der Waals surface area contributed by atoms with E-state index in [2.05, 4.69) is 10.6 Å². The lowest BCUT2D eigenvalue weighted by atomic mass is 9.66. The van der Waals surface area contributed by atoms with Gasteiger partial charge in [0.05, 0.1) is 6.61 Å². The number of allylic oxidation sites excluding steroid dienone is 4. The van der Waals surface area contributed by atoms with Crippen LogP contribution in [0.1, 0.15) is 91.4 Å². The van der Waals surface area contributed by atoms with Crippen molar-refractivity contribution < 1.29 is 26.8 Å². The van der Waals surface area contributed by atoms with Gasteiger partial charge in [0, 0.05) is 68.5 Å². The lowest BCUT2D eigenvalue weighted by Crippen LogP contribution is -2.39. The van der Waals surface area contributed by atoms with E-state index < -0.39 is 10.8 Å². The Balaban J connectivity index is -0.00000265. The van der Waals surface area contributed by atoms with Gasteiger partial charge in [0.2, 0.25) is 11.8 Å². The second-order valence-electron chi connectivity index (χ2n) is 9.68. The normalized spacial score (nSPS) is 14.6. The maximum absolute atomic E-state index is 13.4. The second-order valence-corrected chi connectivity index (χ2v) is 9.68.